The molecule has 0 saturated heterocycles. The molecule has 0 spiro atoms. The monoisotopic (exact) mass is 180 g/mol. The Kier molecular flexibility index (Phi) is 25.4. The molecule has 0 unspecified atom stereocenters. The highest BCUT2D eigenvalue weighted by atomic mass is 32.2. The number of hydrogen-bond acceptors (Lipinski definition) is 3. The standard InChI is InChI=1S/C5H11NOS.CH5N.CH4/c1-3-4-8-5(7)6-2;1-2;/h3-4H2,1-2H3,(H,6,7);2H2,1H3;1H4. The summed E-state index contributed by atoms with van der Waals surface area (Å²) in [4.78, 5) is 10.4. The molecule has 0 aliphatic rings. The molecular weight excluding hydrogens is 160 g/mol. The SMILES string of the molecule is C.CCCSC(=O)NC.CN. The van der Waals surface area contributed by atoms with Crippen LogP contribution in [0.2, 0.25) is 0 Å². The molecule has 0 saturated carbocycles. The summed E-state index contributed by atoms with van der Waals surface area (Å²) in [6, 6.07) is 0. The Morgan fingerprint density at radius 3 is 2.27 bits per heavy atom. The van der Waals surface area contributed by atoms with Crippen LogP contribution in [0.5, 0.6) is 0 Å². The number of hydrogen-bond donors (Lipinski definition) is 2. The quantitative estimate of drug-likeness (QED) is 0.680. The second-order valence-electron chi connectivity index (χ2n) is 1.39. The van der Waals surface area contributed by atoms with Gasteiger partial charge in [0.2, 0.25) is 0 Å². The summed E-state index contributed by atoms with van der Waals surface area (Å²) in [5.41, 5.74) is 4.50. The molecule has 11 heavy (non-hydrogen) atoms. The Morgan fingerprint density at radius 2 is 2.00 bits per heavy atom. The molecule has 4 heteroatoms. The molecule has 0 atom stereocenters. The van der Waals surface area contributed by atoms with E-state index in [0.29, 0.717) is 0 Å². The first-order valence-electron chi connectivity index (χ1n) is 3.23. The van der Waals surface area contributed by atoms with Crippen molar-refractivity contribution in [3.63, 3.8) is 0 Å². The minimum Gasteiger partial charge on any atom is -0.350 e. The van der Waals surface area contributed by atoms with E-state index in [1.165, 1.54) is 18.8 Å². The van der Waals surface area contributed by atoms with Crippen molar-refractivity contribution in [1.29, 1.82) is 0 Å². The van der Waals surface area contributed by atoms with Gasteiger partial charge in [-0.2, -0.15) is 0 Å². The molecule has 70 valence electrons. The van der Waals surface area contributed by atoms with E-state index in [1.54, 1.807) is 7.05 Å². The van der Waals surface area contributed by atoms with Crippen LogP contribution in [0.1, 0.15) is 20.8 Å². The Morgan fingerprint density at radius 1 is 1.55 bits per heavy atom. The fraction of sp³-hybridized carbons (Fsp3) is 0.857. The molecule has 0 bridgehead atoms. The molecule has 0 rings (SSSR count). The van der Waals surface area contributed by atoms with Gasteiger partial charge in [-0.15, -0.1) is 0 Å². The van der Waals surface area contributed by atoms with Crippen LogP contribution in [0, 0.1) is 0 Å². The van der Waals surface area contributed by atoms with Crippen LogP contribution in [0.15, 0.2) is 0 Å². The van der Waals surface area contributed by atoms with Gasteiger partial charge in [0.25, 0.3) is 5.24 Å². The third kappa shape index (κ3) is 17.7. The zero-order valence-electron chi connectivity index (χ0n) is 6.81. The Labute approximate surface area is 74.1 Å². The number of nitrogens with one attached hydrogen (secondary N) is 1. The lowest BCUT2D eigenvalue weighted by Crippen LogP contribution is -2.11. The average molecular weight is 180 g/mol. The van der Waals surface area contributed by atoms with Crippen LogP contribution >= 0.6 is 11.8 Å². The summed E-state index contributed by atoms with van der Waals surface area (Å²) < 4.78 is 0. The number of nitrogens with two attached hydrogens (primary N) is 1. The second kappa shape index (κ2) is 16.4. The maximum atomic E-state index is 10.4. The molecule has 0 aliphatic carbocycles. The maximum Gasteiger partial charge on any atom is 0.278 e. The van der Waals surface area contributed by atoms with Gasteiger partial charge in [-0.25, -0.2) is 0 Å². The van der Waals surface area contributed by atoms with Crippen LogP contribution < -0.4 is 11.1 Å². The lowest BCUT2D eigenvalue weighted by atomic mass is 10.6. The summed E-state index contributed by atoms with van der Waals surface area (Å²) >= 11 is 1.33. The summed E-state index contributed by atoms with van der Waals surface area (Å²) in [6.07, 6.45) is 1.05. The van der Waals surface area contributed by atoms with E-state index >= 15 is 0 Å². The Hall–Kier alpha value is -0.220. The van der Waals surface area contributed by atoms with Crippen molar-refractivity contribution < 1.29 is 4.79 Å². The molecule has 0 aliphatic heterocycles. The van der Waals surface area contributed by atoms with E-state index in [0.717, 1.165) is 12.2 Å². The minimum absolute atomic E-state index is 0. The first-order valence-corrected chi connectivity index (χ1v) is 4.22. The van der Waals surface area contributed by atoms with Gasteiger partial charge >= 0.3 is 0 Å². The molecule has 0 aromatic rings. The van der Waals surface area contributed by atoms with Crippen LogP contribution in [0.25, 0.3) is 0 Å². The van der Waals surface area contributed by atoms with Crippen LogP contribution in [0.3, 0.4) is 0 Å². The van der Waals surface area contributed by atoms with Gasteiger partial charge in [0.05, 0.1) is 0 Å². The number of carbonyl (C=O) groups is 1. The molecular formula is C7H20N2OS. The summed E-state index contributed by atoms with van der Waals surface area (Å²) in [5.74, 6) is 0.916. The van der Waals surface area contributed by atoms with Gasteiger partial charge in [-0.05, 0) is 13.5 Å². The predicted octanol–water partition coefficient (Wildman–Crippen LogP) is 1.68. The van der Waals surface area contributed by atoms with Crippen molar-refractivity contribution >= 4 is 17.0 Å². The van der Waals surface area contributed by atoms with Crippen molar-refractivity contribution in [3.8, 4) is 0 Å². The third-order valence-corrected chi connectivity index (χ3v) is 1.72. The highest BCUT2D eigenvalue weighted by Crippen LogP contribution is 2.01. The summed E-state index contributed by atoms with van der Waals surface area (Å²) in [7, 11) is 3.14. The third-order valence-electron chi connectivity index (χ3n) is 0.641. The second-order valence-corrected chi connectivity index (χ2v) is 2.45. The van der Waals surface area contributed by atoms with E-state index in [-0.39, 0.29) is 12.7 Å². The van der Waals surface area contributed by atoms with Crippen molar-refractivity contribution in [3.05, 3.63) is 0 Å². The minimum atomic E-state index is 0. The van der Waals surface area contributed by atoms with E-state index in [4.69, 9.17) is 0 Å². The van der Waals surface area contributed by atoms with Crippen molar-refractivity contribution in [2.75, 3.05) is 19.8 Å². The normalized spacial score (nSPS) is 6.91. The number of rotatable bonds is 2. The molecule has 1 amide bonds. The first-order chi connectivity index (χ1) is 4.81. The fourth-order valence-corrected chi connectivity index (χ4v) is 0.801. The zero-order valence-corrected chi connectivity index (χ0v) is 7.62. The van der Waals surface area contributed by atoms with Gasteiger partial charge in [0, 0.05) is 12.8 Å². The molecule has 3 nitrogen and oxygen atoms in total. The Bertz CT molecular complexity index is 78.8. The summed E-state index contributed by atoms with van der Waals surface area (Å²) in [6.45, 7) is 2.05. The summed E-state index contributed by atoms with van der Waals surface area (Å²) in [5, 5.41) is 2.59. The van der Waals surface area contributed by atoms with E-state index in [2.05, 4.69) is 18.0 Å². The highest BCUT2D eigenvalue weighted by Gasteiger charge is 1.93. The van der Waals surface area contributed by atoms with Gasteiger partial charge in [0.1, 0.15) is 0 Å². The first kappa shape index (κ1) is 17.0. The van der Waals surface area contributed by atoms with E-state index in [9.17, 15) is 4.79 Å². The molecule has 0 aromatic carbocycles. The zero-order chi connectivity index (χ0) is 8.41. The topological polar surface area (TPSA) is 55.1 Å². The molecule has 0 heterocycles. The van der Waals surface area contributed by atoms with E-state index < -0.39 is 0 Å². The molecule has 0 radical (unpaired) electrons. The van der Waals surface area contributed by atoms with Gasteiger partial charge in [0.15, 0.2) is 0 Å². The van der Waals surface area contributed by atoms with E-state index in [1.807, 2.05) is 0 Å². The van der Waals surface area contributed by atoms with Gasteiger partial charge < -0.3 is 11.1 Å². The average Bonchev–Trinajstić information content (AvgIpc) is 2.04. The van der Waals surface area contributed by atoms with Crippen molar-refractivity contribution in [2.45, 2.75) is 20.8 Å². The van der Waals surface area contributed by atoms with Crippen LogP contribution in [0.4, 0.5) is 4.79 Å². The van der Waals surface area contributed by atoms with Crippen molar-refractivity contribution in [1.82, 2.24) is 5.32 Å². The maximum absolute atomic E-state index is 10.4. The largest absolute Gasteiger partial charge is 0.350 e. The lowest BCUT2D eigenvalue weighted by molar-refractivity contribution is 0.262. The lowest BCUT2D eigenvalue weighted by Gasteiger charge is -1.93. The van der Waals surface area contributed by atoms with Crippen LogP contribution in [-0.4, -0.2) is 25.1 Å². The smallest absolute Gasteiger partial charge is 0.278 e. The number of carbonyl (C=O) groups excluding carboxylic acids is 1. The van der Waals surface area contributed by atoms with Crippen LogP contribution in [-0.2, 0) is 0 Å². The molecule has 0 fully saturated rings. The van der Waals surface area contributed by atoms with Gasteiger partial charge in [-0.1, -0.05) is 26.1 Å². The van der Waals surface area contributed by atoms with Crippen molar-refractivity contribution in [2.24, 2.45) is 5.73 Å². The Balaban J connectivity index is -0.000000196. The number of thioether (sulfide) groups is 1. The molecule has 3 N–H and O–H groups in total. The predicted molar refractivity (Wildman–Crippen MR) is 54.0 cm³/mol. The van der Waals surface area contributed by atoms with Gasteiger partial charge in [-0.3, -0.25) is 4.79 Å². The fourth-order valence-electron chi connectivity index (χ4n) is 0.267. The number of amides is 1. The molecule has 0 aromatic heterocycles. The highest BCUT2D eigenvalue weighted by molar-refractivity contribution is 8.13.